The monoisotopic (exact) mass is 392 g/mol. The van der Waals surface area contributed by atoms with Gasteiger partial charge < -0.3 is 9.84 Å². The first-order chi connectivity index (χ1) is 14.0. The molecule has 3 rings (SSSR count). The second-order valence-electron chi connectivity index (χ2n) is 7.62. The van der Waals surface area contributed by atoms with Crippen LogP contribution in [0.25, 0.3) is 0 Å². The second-order valence-corrected chi connectivity index (χ2v) is 7.62. The van der Waals surface area contributed by atoms with Gasteiger partial charge in [-0.05, 0) is 30.4 Å². The highest BCUT2D eigenvalue weighted by atomic mass is 16.5. The van der Waals surface area contributed by atoms with Crippen LogP contribution in [0.1, 0.15) is 43.4 Å². The molecule has 0 saturated heterocycles. The molecule has 1 fully saturated rings. The van der Waals surface area contributed by atoms with E-state index < -0.39 is 12.2 Å². The van der Waals surface area contributed by atoms with Crippen molar-refractivity contribution in [1.82, 2.24) is 0 Å². The lowest BCUT2D eigenvalue weighted by Crippen LogP contribution is -2.24. The molecule has 0 aromatic heterocycles. The Morgan fingerprint density at radius 2 is 1.79 bits per heavy atom. The summed E-state index contributed by atoms with van der Waals surface area (Å²) in [6.07, 6.45) is 5.26. The van der Waals surface area contributed by atoms with E-state index in [9.17, 15) is 14.7 Å². The molecule has 152 valence electrons. The van der Waals surface area contributed by atoms with E-state index in [2.05, 4.69) is 0 Å². The number of benzene rings is 2. The molecule has 4 atom stereocenters. The van der Waals surface area contributed by atoms with Gasteiger partial charge in [-0.3, -0.25) is 9.59 Å². The summed E-state index contributed by atoms with van der Waals surface area (Å²) in [4.78, 5) is 24.1. The molecule has 0 aliphatic heterocycles. The number of carbonyl (C=O) groups excluding carboxylic acids is 2. The third-order valence-electron chi connectivity index (χ3n) is 5.48. The molecule has 0 amide bonds. The Morgan fingerprint density at radius 1 is 1.14 bits per heavy atom. The number of hydrogen-bond donors (Lipinski definition) is 1. The first kappa shape index (κ1) is 21.0. The minimum atomic E-state index is -0.518. The smallest absolute Gasteiger partial charge is 0.302 e. The van der Waals surface area contributed by atoms with Crippen molar-refractivity contribution in [1.29, 1.82) is 0 Å². The molecule has 1 aliphatic rings. The summed E-state index contributed by atoms with van der Waals surface area (Å²) in [6, 6.07) is 19.5. The third-order valence-corrected chi connectivity index (χ3v) is 5.48. The number of allylic oxidation sites excluding steroid dienone is 1. The zero-order chi connectivity index (χ0) is 20.6. The SMILES string of the molecule is CC(=O)O[C@@H]1CC(=O)[C@H](Cc2ccccc2)[C@H]1C=CCCC(O)c1ccccc1. The highest BCUT2D eigenvalue weighted by Gasteiger charge is 2.42. The second kappa shape index (κ2) is 10.2. The van der Waals surface area contributed by atoms with Crippen molar-refractivity contribution in [3.05, 3.63) is 83.9 Å². The number of Topliss-reactive ketones (excluding diaryl/α,β-unsaturated/α-hetero) is 1. The van der Waals surface area contributed by atoms with Crippen molar-refractivity contribution in [2.45, 2.75) is 44.8 Å². The molecule has 4 nitrogen and oxygen atoms in total. The Balaban J connectivity index is 1.66. The molecule has 0 radical (unpaired) electrons. The Bertz CT molecular complexity index is 828. The summed E-state index contributed by atoms with van der Waals surface area (Å²) in [5.74, 6) is -0.558. The van der Waals surface area contributed by atoms with E-state index in [1.54, 1.807) is 0 Å². The van der Waals surface area contributed by atoms with Crippen molar-refractivity contribution in [3.63, 3.8) is 0 Å². The van der Waals surface area contributed by atoms with Crippen LogP contribution >= 0.6 is 0 Å². The predicted molar refractivity (Wildman–Crippen MR) is 112 cm³/mol. The number of ether oxygens (including phenoxy) is 1. The molecule has 2 aromatic rings. The highest BCUT2D eigenvalue weighted by Crippen LogP contribution is 2.35. The normalized spacial score (nSPS) is 22.7. The lowest BCUT2D eigenvalue weighted by atomic mass is 9.87. The van der Waals surface area contributed by atoms with Crippen molar-refractivity contribution in [2.75, 3.05) is 0 Å². The molecule has 0 heterocycles. The Labute approximate surface area is 172 Å². The van der Waals surface area contributed by atoms with E-state index in [1.807, 2.05) is 72.8 Å². The summed E-state index contributed by atoms with van der Waals surface area (Å²) >= 11 is 0. The Kier molecular flexibility index (Phi) is 7.36. The lowest BCUT2D eigenvalue weighted by Gasteiger charge is -2.21. The first-order valence-corrected chi connectivity index (χ1v) is 10.2. The fraction of sp³-hybridized carbons (Fsp3) is 0.360. The number of esters is 1. The maximum Gasteiger partial charge on any atom is 0.302 e. The fourth-order valence-corrected chi connectivity index (χ4v) is 4.02. The molecule has 29 heavy (non-hydrogen) atoms. The van der Waals surface area contributed by atoms with Crippen LogP contribution in [0.15, 0.2) is 72.8 Å². The van der Waals surface area contributed by atoms with E-state index in [-0.39, 0.29) is 30.0 Å². The summed E-state index contributed by atoms with van der Waals surface area (Å²) in [5, 5.41) is 10.3. The molecule has 1 saturated carbocycles. The van der Waals surface area contributed by atoms with Crippen molar-refractivity contribution in [2.24, 2.45) is 11.8 Å². The molecule has 4 heteroatoms. The Hall–Kier alpha value is -2.72. The zero-order valence-corrected chi connectivity index (χ0v) is 16.7. The van der Waals surface area contributed by atoms with Crippen molar-refractivity contribution >= 4 is 11.8 Å². The van der Waals surface area contributed by atoms with Crippen molar-refractivity contribution in [3.8, 4) is 0 Å². The van der Waals surface area contributed by atoms with Gasteiger partial charge in [0.25, 0.3) is 0 Å². The number of carbonyl (C=O) groups is 2. The van der Waals surface area contributed by atoms with Crippen molar-refractivity contribution < 1.29 is 19.4 Å². The van der Waals surface area contributed by atoms with E-state index in [0.717, 1.165) is 11.1 Å². The van der Waals surface area contributed by atoms with Gasteiger partial charge in [0.1, 0.15) is 11.9 Å². The van der Waals surface area contributed by atoms with Crippen LogP contribution in [0.4, 0.5) is 0 Å². The van der Waals surface area contributed by atoms with Gasteiger partial charge in [0.05, 0.1) is 6.10 Å². The number of aliphatic hydroxyl groups is 1. The number of aliphatic hydroxyl groups excluding tert-OH is 1. The molecular formula is C25H28O4. The van der Waals surface area contributed by atoms with Crippen LogP contribution in [0.5, 0.6) is 0 Å². The van der Waals surface area contributed by atoms with Gasteiger partial charge in [-0.1, -0.05) is 72.8 Å². The summed E-state index contributed by atoms with van der Waals surface area (Å²) in [6.45, 7) is 1.38. The van der Waals surface area contributed by atoms with Gasteiger partial charge in [0.2, 0.25) is 0 Å². The first-order valence-electron chi connectivity index (χ1n) is 10.2. The van der Waals surface area contributed by atoms with E-state index >= 15 is 0 Å². The van der Waals surface area contributed by atoms with Gasteiger partial charge in [0.15, 0.2) is 0 Å². The summed E-state index contributed by atoms with van der Waals surface area (Å²) in [7, 11) is 0. The highest BCUT2D eigenvalue weighted by molar-refractivity contribution is 5.85. The minimum Gasteiger partial charge on any atom is -0.461 e. The quantitative estimate of drug-likeness (QED) is 0.533. The number of hydrogen-bond acceptors (Lipinski definition) is 4. The van der Waals surface area contributed by atoms with E-state index in [4.69, 9.17) is 4.74 Å². The van der Waals surface area contributed by atoms with Crippen LogP contribution in [0.3, 0.4) is 0 Å². The van der Waals surface area contributed by atoms with Gasteiger partial charge in [-0.2, -0.15) is 0 Å². The predicted octanol–water partition coefficient (Wildman–Crippen LogP) is 4.44. The average Bonchev–Trinajstić information content (AvgIpc) is 3.00. The minimum absolute atomic E-state index is 0.138. The molecular weight excluding hydrogens is 364 g/mol. The van der Waals surface area contributed by atoms with Gasteiger partial charge in [-0.25, -0.2) is 0 Å². The molecule has 1 unspecified atom stereocenters. The average molecular weight is 392 g/mol. The summed E-state index contributed by atoms with van der Waals surface area (Å²) < 4.78 is 5.45. The van der Waals surface area contributed by atoms with E-state index in [1.165, 1.54) is 6.92 Å². The van der Waals surface area contributed by atoms with Gasteiger partial charge >= 0.3 is 5.97 Å². The topological polar surface area (TPSA) is 63.6 Å². The molecule has 0 spiro atoms. The van der Waals surface area contributed by atoms with Crippen LogP contribution in [-0.2, 0) is 20.7 Å². The van der Waals surface area contributed by atoms with Crippen LogP contribution < -0.4 is 0 Å². The summed E-state index contributed by atoms with van der Waals surface area (Å²) in [5.41, 5.74) is 2.00. The van der Waals surface area contributed by atoms with Crippen LogP contribution in [0.2, 0.25) is 0 Å². The van der Waals surface area contributed by atoms with Crippen LogP contribution in [0, 0.1) is 11.8 Å². The standard InChI is InChI=1S/C25H28O4/c1-18(26)29-25-17-24(28)22(16-19-10-4-2-5-11-19)21(25)14-8-9-15-23(27)20-12-6-3-7-13-20/h2-8,10-14,21-23,25,27H,9,15-17H2,1H3/t21-,22-,23?,25-/m1/s1. The van der Waals surface area contributed by atoms with Gasteiger partial charge in [0, 0.05) is 25.2 Å². The molecule has 1 aliphatic carbocycles. The molecule has 1 N–H and O–H groups in total. The molecule has 0 bridgehead atoms. The maximum absolute atomic E-state index is 12.6. The van der Waals surface area contributed by atoms with Crippen LogP contribution in [-0.4, -0.2) is 23.0 Å². The van der Waals surface area contributed by atoms with Gasteiger partial charge in [-0.15, -0.1) is 0 Å². The number of rotatable bonds is 8. The third kappa shape index (κ3) is 5.88. The fourth-order valence-electron chi connectivity index (χ4n) is 4.02. The lowest BCUT2D eigenvalue weighted by molar-refractivity contribution is -0.147. The largest absolute Gasteiger partial charge is 0.461 e. The van der Waals surface area contributed by atoms with E-state index in [0.29, 0.717) is 19.3 Å². The Morgan fingerprint density at radius 3 is 2.45 bits per heavy atom. The molecule has 2 aromatic carbocycles. The zero-order valence-electron chi connectivity index (χ0n) is 16.7. The number of ketones is 1. The maximum atomic E-state index is 12.6.